The molecule has 4 unspecified atom stereocenters. The molecule has 40 heavy (non-hydrogen) atoms. The van der Waals surface area contributed by atoms with Crippen molar-refractivity contribution in [3.05, 3.63) is 72.9 Å². The fourth-order valence-electron chi connectivity index (χ4n) is 5.64. The van der Waals surface area contributed by atoms with Crippen LogP contribution in [0, 0.1) is 0 Å². The third kappa shape index (κ3) is 10.4. The Morgan fingerprint density at radius 1 is 0.400 bits per heavy atom. The Bertz CT molecular complexity index is 853. The number of allylic oxidation sites excluding steroid dienone is 4. The van der Waals surface area contributed by atoms with Crippen LogP contribution in [0.25, 0.3) is 0 Å². The summed E-state index contributed by atoms with van der Waals surface area (Å²) in [5.41, 5.74) is 0. The first-order valence-corrected chi connectivity index (χ1v) is 22.6. The average Bonchev–Trinajstić information content (AvgIpc) is 3.58. The molecular weight excluding hydrogens is 716 g/mol. The summed E-state index contributed by atoms with van der Waals surface area (Å²) in [6.07, 6.45) is 38.1. The summed E-state index contributed by atoms with van der Waals surface area (Å²) in [4.78, 5) is 0. The van der Waals surface area contributed by atoms with Gasteiger partial charge in [-0.1, -0.05) is 0 Å². The van der Waals surface area contributed by atoms with Gasteiger partial charge in [-0.15, -0.1) is 0 Å². The third-order valence-corrected chi connectivity index (χ3v) is 17.4. The third-order valence-electron chi connectivity index (χ3n) is 8.04. The molecule has 0 radical (unpaired) electrons. The Labute approximate surface area is 259 Å². The standard InChI is InChI=1S/4C7H11O.C6H4.2Sb/c4*8-7-5-3-1-2-4-6-7;1-2-4-6-5-3-1;;/h4*3,5,7H,1-2,4,6H2;1-2,5-6H;;/q4*-1;;2*+2. The summed E-state index contributed by atoms with van der Waals surface area (Å²) in [6, 6.07) is 9.15. The van der Waals surface area contributed by atoms with Crippen molar-refractivity contribution >= 4 is 49.1 Å². The van der Waals surface area contributed by atoms with E-state index in [0.717, 1.165) is 51.4 Å². The molecule has 5 rings (SSSR count). The van der Waals surface area contributed by atoms with E-state index in [0.29, 0.717) is 0 Å². The molecule has 4 atom stereocenters. The maximum absolute atomic E-state index is 6.85. The second kappa shape index (κ2) is 17.7. The summed E-state index contributed by atoms with van der Waals surface area (Å²) >= 11 is -5.31. The van der Waals surface area contributed by atoms with Crippen LogP contribution in [0.2, 0.25) is 0 Å². The van der Waals surface area contributed by atoms with Crippen LogP contribution in [-0.4, -0.2) is 66.5 Å². The second-order valence-electron chi connectivity index (χ2n) is 11.5. The van der Waals surface area contributed by atoms with Gasteiger partial charge in [0.2, 0.25) is 0 Å². The van der Waals surface area contributed by atoms with Gasteiger partial charge in [0.05, 0.1) is 0 Å². The molecule has 0 spiro atoms. The summed E-state index contributed by atoms with van der Waals surface area (Å²) in [5.74, 6) is 0. The van der Waals surface area contributed by atoms with E-state index in [1.165, 1.54) is 58.4 Å². The minimum atomic E-state index is -2.65. The van der Waals surface area contributed by atoms with Crippen LogP contribution in [0.5, 0.6) is 0 Å². The predicted octanol–water partition coefficient (Wildman–Crippen LogP) is 7.14. The summed E-state index contributed by atoms with van der Waals surface area (Å²) in [7, 11) is 0. The number of benzene rings is 1. The maximum atomic E-state index is 6.85. The van der Waals surface area contributed by atoms with Gasteiger partial charge in [0.25, 0.3) is 0 Å². The molecule has 1 aromatic carbocycles. The molecule has 6 heteroatoms. The molecule has 4 nitrogen and oxygen atoms in total. The van der Waals surface area contributed by atoms with Gasteiger partial charge in [-0.25, -0.2) is 0 Å². The van der Waals surface area contributed by atoms with Crippen LogP contribution in [0.15, 0.2) is 72.9 Å². The van der Waals surface area contributed by atoms with Crippen LogP contribution in [-0.2, 0) is 12.1 Å². The fourth-order valence-corrected chi connectivity index (χ4v) is 14.4. The quantitative estimate of drug-likeness (QED) is 0.188. The monoisotopic (exact) mass is 762 g/mol. The first kappa shape index (κ1) is 31.1. The topological polar surface area (TPSA) is 36.9 Å². The van der Waals surface area contributed by atoms with Crippen LogP contribution in [0.3, 0.4) is 0 Å². The predicted molar refractivity (Wildman–Crippen MR) is 167 cm³/mol. The van der Waals surface area contributed by atoms with E-state index < -0.39 is 42.1 Å². The van der Waals surface area contributed by atoms with E-state index in [2.05, 4.69) is 72.9 Å². The molecule has 218 valence electrons. The van der Waals surface area contributed by atoms with Gasteiger partial charge in [0.1, 0.15) is 0 Å². The number of hydrogen-bond acceptors (Lipinski definition) is 4. The first-order valence-electron chi connectivity index (χ1n) is 15.9. The zero-order valence-corrected chi connectivity index (χ0v) is 29.2. The van der Waals surface area contributed by atoms with Crippen molar-refractivity contribution in [2.24, 2.45) is 0 Å². The van der Waals surface area contributed by atoms with Crippen molar-refractivity contribution in [2.75, 3.05) is 0 Å². The zero-order valence-electron chi connectivity index (χ0n) is 24.1. The zero-order chi connectivity index (χ0) is 27.2. The Morgan fingerprint density at radius 3 is 0.950 bits per heavy atom. The fraction of sp³-hybridized carbons (Fsp3) is 0.588. The van der Waals surface area contributed by atoms with Crippen molar-refractivity contribution in [3.63, 3.8) is 0 Å². The Kier molecular flexibility index (Phi) is 13.8. The minimum absolute atomic E-state index is 0.181. The van der Waals surface area contributed by atoms with E-state index in [-0.39, 0.29) is 24.4 Å². The molecule has 4 aliphatic carbocycles. The molecule has 0 bridgehead atoms. The van der Waals surface area contributed by atoms with Crippen molar-refractivity contribution < 1.29 is 12.1 Å². The van der Waals surface area contributed by atoms with Crippen LogP contribution in [0.4, 0.5) is 0 Å². The molecule has 0 saturated heterocycles. The van der Waals surface area contributed by atoms with Crippen molar-refractivity contribution in [1.29, 1.82) is 0 Å². The van der Waals surface area contributed by atoms with Gasteiger partial charge in [-0.2, -0.15) is 0 Å². The Balaban J connectivity index is 1.34. The SMILES string of the molecule is C1=CC([O][Sb]([O]C2C=CCCCC2)[c]2cc[c]([Sb]([O]C3C=CCCCC3)[O]C3C=CCCCC3)cc2)CCCC1. The molecule has 4 aliphatic rings. The van der Waals surface area contributed by atoms with Gasteiger partial charge in [0.15, 0.2) is 0 Å². The summed E-state index contributed by atoms with van der Waals surface area (Å²) < 4.78 is 29.9. The number of hydrogen-bond donors (Lipinski definition) is 0. The Morgan fingerprint density at radius 2 is 0.675 bits per heavy atom. The summed E-state index contributed by atoms with van der Waals surface area (Å²) in [6.45, 7) is 0. The summed E-state index contributed by atoms with van der Waals surface area (Å²) in [5, 5.41) is 0. The molecule has 0 fully saturated rings. The molecule has 0 amide bonds. The van der Waals surface area contributed by atoms with E-state index in [1.54, 1.807) is 0 Å². The molecule has 0 aromatic heterocycles. The van der Waals surface area contributed by atoms with Crippen molar-refractivity contribution in [1.82, 2.24) is 0 Å². The van der Waals surface area contributed by atoms with E-state index in [1.807, 2.05) is 0 Å². The van der Waals surface area contributed by atoms with Gasteiger partial charge >= 0.3 is 261 Å². The van der Waals surface area contributed by atoms with Crippen LogP contribution < -0.4 is 7.02 Å². The van der Waals surface area contributed by atoms with Crippen LogP contribution in [0.1, 0.15) is 103 Å². The van der Waals surface area contributed by atoms with Crippen molar-refractivity contribution in [3.8, 4) is 0 Å². The van der Waals surface area contributed by atoms with Crippen LogP contribution >= 0.6 is 0 Å². The van der Waals surface area contributed by atoms with Gasteiger partial charge in [-0.3, -0.25) is 0 Å². The van der Waals surface area contributed by atoms with Gasteiger partial charge < -0.3 is 0 Å². The van der Waals surface area contributed by atoms with E-state index in [4.69, 9.17) is 12.1 Å². The molecule has 1 aromatic rings. The van der Waals surface area contributed by atoms with Gasteiger partial charge in [0, 0.05) is 0 Å². The first-order chi connectivity index (χ1) is 19.8. The second-order valence-corrected chi connectivity index (χ2v) is 19.7. The molecular formula is C34H48O4Sb2. The number of rotatable bonds is 10. The van der Waals surface area contributed by atoms with Gasteiger partial charge in [-0.05, 0) is 0 Å². The Hall–Kier alpha value is -0.344. The molecule has 0 N–H and O–H groups in total. The van der Waals surface area contributed by atoms with Crippen molar-refractivity contribution in [2.45, 2.75) is 127 Å². The molecule has 0 aliphatic heterocycles. The average molecular weight is 764 g/mol. The molecule has 0 saturated carbocycles. The van der Waals surface area contributed by atoms with E-state index >= 15 is 0 Å². The molecule has 0 heterocycles. The normalized spacial score (nSPS) is 27.9. The van der Waals surface area contributed by atoms with E-state index in [9.17, 15) is 0 Å².